The van der Waals surface area contributed by atoms with Gasteiger partial charge in [-0.15, -0.1) is 0 Å². The maximum Gasteiger partial charge on any atom is 0.419 e. The van der Waals surface area contributed by atoms with E-state index in [4.69, 9.17) is 14.2 Å². The molecule has 0 radical (unpaired) electrons. The Labute approximate surface area is 154 Å². The van der Waals surface area contributed by atoms with Crippen molar-refractivity contribution in [3.8, 4) is 5.75 Å². The number of ether oxygens (including phenoxy) is 3. The minimum atomic E-state index is -0.540. The monoisotopic (exact) mass is 360 g/mol. The highest BCUT2D eigenvalue weighted by atomic mass is 16.6. The third-order valence-corrected chi connectivity index (χ3v) is 4.25. The fourth-order valence-electron chi connectivity index (χ4n) is 3.02. The number of benzene rings is 1. The van der Waals surface area contributed by atoms with Crippen LogP contribution in [0.5, 0.6) is 5.75 Å². The van der Waals surface area contributed by atoms with Crippen LogP contribution in [0.1, 0.15) is 27.2 Å². The number of hydrogen-bond donors (Lipinski definition) is 0. The molecule has 26 heavy (non-hydrogen) atoms. The van der Waals surface area contributed by atoms with Gasteiger partial charge in [0.2, 0.25) is 0 Å². The van der Waals surface area contributed by atoms with E-state index in [1.165, 1.54) is 4.57 Å². The van der Waals surface area contributed by atoms with Crippen molar-refractivity contribution in [2.45, 2.75) is 32.8 Å². The van der Waals surface area contributed by atoms with Crippen LogP contribution in [0.4, 0.5) is 4.79 Å². The largest absolute Gasteiger partial charge is 0.491 e. The van der Waals surface area contributed by atoms with E-state index in [9.17, 15) is 4.79 Å². The van der Waals surface area contributed by atoms with Gasteiger partial charge in [0.25, 0.3) is 0 Å². The first-order chi connectivity index (χ1) is 12.4. The van der Waals surface area contributed by atoms with Gasteiger partial charge < -0.3 is 14.2 Å². The Morgan fingerprint density at radius 1 is 1.19 bits per heavy atom. The van der Waals surface area contributed by atoms with Gasteiger partial charge in [-0.2, -0.15) is 0 Å². The summed E-state index contributed by atoms with van der Waals surface area (Å²) in [7, 11) is 0. The lowest BCUT2D eigenvalue weighted by Gasteiger charge is -2.26. The van der Waals surface area contributed by atoms with Gasteiger partial charge in [-0.05, 0) is 39.3 Å². The van der Waals surface area contributed by atoms with Crippen molar-refractivity contribution in [2.24, 2.45) is 0 Å². The molecule has 142 valence electrons. The lowest BCUT2D eigenvalue weighted by Crippen LogP contribution is -2.37. The molecular formula is C20H28N2O4. The Kier molecular flexibility index (Phi) is 5.84. The summed E-state index contributed by atoms with van der Waals surface area (Å²) in [5.74, 6) is 0.716. The molecule has 2 heterocycles. The summed E-state index contributed by atoms with van der Waals surface area (Å²) in [5.41, 5.74) is 0.256. The second kappa shape index (κ2) is 8.10. The zero-order chi connectivity index (χ0) is 18.6. The standard InChI is InChI=1S/C20H28N2O4/c1-20(2,3)26-19(23)22-15-18(16-7-4-5-8-17(16)22)25-12-6-9-21-10-13-24-14-11-21/h4-5,7-8,15H,6,9-14H2,1-3H3. The average molecular weight is 360 g/mol. The zero-order valence-corrected chi connectivity index (χ0v) is 15.9. The maximum atomic E-state index is 12.5. The van der Waals surface area contributed by atoms with Crippen molar-refractivity contribution >= 4 is 17.0 Å². The summed E-state index contributed by atoms with van der Waals surface area (Å²) in [6, 6.07) is 7.72. The molecule has 1 fully saturated rings. The average Bonchev–Trinajstić information content (AvgIpc) is 2.97. The first kappa shape index (κ1) is 18.7. The molecule has 0 unspecified atom stereocenters. The second-order valence-electron chi connectivity index (χ2n) is 7.52. The van der Waals surface area contributed by atoms with Crippen LogP contribution in [0.15, 0.2) is 30.5 Å². The molecule has 0 aliphatic carbocycles. The fourth-order valence-corrected chi connectivity index (χ4v) is 3.02. The molecule has 3 rings (SSSR count). The van der Waals surface area contributed by atoms with Crippen LogP contribution < -0.4 is 4.74 Å². The van der Waals surface area contributed by atoms with Crippen molar-refractivity contribution in [3.63, 3.8) is 0 Å². The number of rotatable bonds is 5. The third kappa shape index (κ3) is 4.77. The summed E-state index contributed by atoms with van der Waals surface area (Å²) in [6.07, 6.45) is 2.27. The molecule has 1 aliphatic rings. The predicted octanol–water partition coefficient (Wildman–Crippen LogP) is 3.53. The second-order valence-corrected chi connectivity index (χ2v) is 7.52. The molecule has 0 N–H and O–H groups in total. The molecule has 1 aliphatic heterocycles. The number of para-hydroxylation sites is 1. The van der Waals surface area contributed by atoms with Gasteiger partial charge in [-0.3, -0.25) is 4.90 Å². The minimum Gasteiger partial charge on any atom is -0.491 e. The van der Waals surface area contributed by atoms with E-state index >= 15 is 0 Å². The first-order valence-electron chi connectivity index (χ1n) is 9.20. The van der Waals surface area contributed by atoms with Crippen molar-refractivity contribution < 1.29 is 19.0 Å². The normalized spacial score (nSPS) is 16.0. The van der Waals surface area contributed by atoms with Crippen molar-refractivity contribution in [3.05, 3.63) is 30.5 Å². The van der Waals surface area contributed by atoms with E-state index in [1.807, 2.05) is 45.0 Å². The van der Waals surface area contributed by atoms with E-state index in [-0.39, 0.29) is 0 Å². The van der Waals surface area contributed by atoms with Gasteiger partial charge in [-0.25, -0.2) is 9.36 Å². The van der Waals surface area contributed by atoms with Crippen LogP contribution in [0.25, 0.3) is 10.9 Å². The molecule has 1 aromatic heterocycles. The summed E-state index contributed by atoms with van der Waals surface area (Å²) in [4.78, 5) is 14.9. The number of aromatic nitrogens is 1. The van der Waals surface area contributed by atoms with Crippen molar-refractivity contribution in [2.75, 3.05) is 39.5 Å². The Balaban J connectivity index is 1.65. The van der Waals surface area contributed by atoms with Crippen LogP contribution in [0.3, 0.4) is 0 Å². The molecule has 0 saturated carbocycles. The minimum absolute atomic E-state index is 0.392. The smallest absolute Gasteiger partial charge is 0.419 e. The molecule has 0 spiro atoms. The number of nitrogens with zero attached hydrogens (tertiary/aromatic N) is 2. The van der Waals surface area contributed by atoms with Crippen LogP contribution in [-0.4, -0.2) is 60.6 Å². The Hall–Kier alpha value is -2.05. The van der Waals surface area contributed by atoms with E-state index in [2.05, 4.69) is 4.90 Å². The van der Waals surface area contributed by atoms with E-state index in [0.29, 0.717) is 12.4 Å². The van der Waals surface area contributed by atoms with Gasteiger partial charge in [0, 0.05) is 25.0 Å². The lowest BCUT2D eigenvalue weighted by molar-refractivity contribution is 0.0358. The number of fused-ring (bicyclic) bond motifs is 1. The van der Waals surface area contributed by atoms with Crippen LogP contribution in [0.2, 0.25) is 0 Å². The van der Waals surface area contributed by atoms with Crippen molar-refractivity contribution in [1.29, 1.82) is 0 Å². The molecule has 1 saturated heterocycles. The predicted molar refractivity (Wildman–Crippen MR) is 101 cm³/mol. The summed E-state index contributed by atoms with van der Waals surface area (Å²) in [5, 5.41) is 0.921. The van der Waals surface area contributed by atoms with Crippen LogP contribution >= 0.6 is 0 Å². The Morgan fingerprint density at radius 2 is 1.92 bits per heavy atom. The van der Waals surface area contributed by atoms with Gasteiger partial charge in [0.05, 0.1) is 31.5 Å². The van der Waals surface area contributed by atoms with Crippen LogP contribution in [0, 0.1) is 0 Å². The van der Waals surface area contributed by atoms with Gasteiger partial charge in [-0.1, -0.05) is 12.1 Å². The topological polar surface area (TPSA) is 52.9 Å². The number of carbonyl (C=O) groups is 1. The Bertz CT molecular complexity index is 742. The zero-order valence-electron chi connectivity index (χ0n) is 15.9. The summed E-state index contributed by atoms with van der Waals surface area (Å²) >= 11 is 0. The molecule has 0 bridgehead atoms. The summed E-state index contributed by atoms with van der Waals surface area (Å²) in [6.45, 7) is 10.8. The molecule has 6 heteroatoms. The molecular weight excluding hydrogens is 332 g/mol. The van der Waals surface area contributed by atoms with Crippen molar-refractivity contribution in [1.82, 2.24) is 9.47 Å². The highest BCUT2D eigenvalue weighted by Crippen LogP contribution is 2.29. The molecule has 0 amide bonds. The number of hydrogen-bond acceptors (Lipinski definition) is 5. The molecule has 1 aromatic carbocycles. The van der Waals surface area contributed by atoms with E-state index < -0.39 is 11.7 Å². The third-order valence-electron chi connectivity index (χ3n) is 4.25. The van der Waals surface area contributed by atoms with Gasteiger partial charge >= 0.3 is 6.09 Å². The van der Waals surface area contributed by atoms with Crippen LogP contribution in [-0.2, 0) is 9.47 Å². The molecule has 6 nitrogen and oxygen atoms in total. The van der Waals surface area contributed by atoms with E-state index in [1.54, 1.807) is 6.20 Å². The van der Waals surface area contributed by atoms with Gasteiger partial charge in [0.15, 0.2) is 0 Å². The number of carbonyl (C=O) groups excluding carboxylic acids is 1. The molecule has 0 atom stereocenters. The summed E-state index contributed by atoms with van der Waals surface area (Å²) < 4.78 is 18.4. The highest BCUT2D eigenvalue weighted by molar-refractivity contribution is 5.94. The number of morpholine rings is 1. The maximum absolute atomic E-state index is 12.5. The molecule has 2 aromatic rings. The fraction of sp³-hybridized carbons (Fsp3) is 0.550. The first-order valence-corrected chi connectivity index (χ1v) is 9.20. The SMILES string of the molecule is CC(C)(C)OC(=O)n1cc(OCCCN2CCOCC2)c2ccccc21. The Morgan fingerprint density at radius 3 is 2.65 bits per heavy atom. The quantitative estimate of drug-likeness (QED) is 0.764. The lowest BCUT2D eigenvalue weighted by atomic mass is 10.2. The van der Waals surface area contributed by atoms with E-state index in [0.717, 1.165) is 50.2 Å². The van der Waals surface area contributed by atoms with Gasteiger partial charge in [0.1, 0.15) is 11.4 Å². The highest BCUT2D eigenvalue weighted by Gasteiger charge is 2.21.